The summed E-state index contributed by atoms with van der Waals surface area (Å²) in [5.74, 6) is -0.831. The molecule has 1 aromatic rings. The number of hydrogen-bond donors (Lipinski definition) is 2. The van der Waals surface area contributed by atoms with Crippen LogP contribution < -0.4 is 10.6 Å². The fraction of sp³-hybridized carbons (Fsp3) is 0.462. The van der Waals surface area contributed by atoms with E-state index >= 15 is 0 Å². The van der Waals surface area contributed by atoms with Gasteiger partial charge < -0.3 is 15.7 Å². The third kappa shape index (κ3) is 2.97. The lowest BCUT2D eigenvalue weighted by Crippen LogP contribution is -2.41. The van der Waals surface area contributed by atoms with Gasteiger partial charge in [-0.1, -0.05) is 18.2 Å². The Labute approximate surface area is 101 Å². The lowest BCUT2D eigenvalue weighted by Gasteiger charge is -2.32. The second kappa shape index (κ2) is 5.19. The first-order chi connectivity index (χ1) is 8.16. The largest absolute Gasteiger partial charge is 0.481 e. The molecule has 3 N–H and O–H groups in total. The van der Waals surface area contributed by atoms with Crippen molar-refractivity contribution in [1.29, 1.82) is 0 Å². The second-order valence-electron chi connectivity index (χ2n) is 4.54. The molecule has 2 rings (SSSR count). The van der Waals surface area contributed by atoms with Crippen molar-refractivity contribution in [3.63, 3.8) is 0 Å². The monoisotopic (exact) mass is 234 g/mol. The number of fused-ring (bicyclic) bond motifs is 1. The second-order valence-corrected chi connectivity index (χ2v) is 4.54. The smallest absolute Gasteiger partial charge is 0.304 e. The van der Waals surface area contributed by atoms with Crippen molar-refractivity contribution in [2.75, 3.05) is 18.0 Å². The van der Waals surface area contributed by atoms with Crippen LogP contribution in [0.15, 0.2) is 24.3 Å². The molecular weight excluding hydrogens is 216 g/mol. The van der Waals surface area contributed by atoms with E-state index in [0.717, 1.165) is 19.4 Å². The van der Waals surface area contributed by atoms with E-state index in [0.29, 0.717) is 6.54 Å². The Kier molecular flexibility index (Phi) is 3.64. The molecular formula is C13H18N2O2. The zero-order valence-corrected chi connectivity index (χ0v) is 9.80. The number of hydrogen-bond acceptors (Lipinski definition) is 3. The van der Waals surface area contributed by atoms with Gasteiger partial charge in [-0.2, -0.15) is 0 Å². The highest BCUT2D eigenvalue weighted by atomic mass is 16.4. The molecule has 0 saturated carbocycles. The van der Waals surface area contributed by atoms with Gasteiger partial charge in [-0.05, 0) is 24.5 Å². The van der Waals surface area contributed by atoms with E-state index in [1.807, 2.05) is 12.1 Å². The Balaban J connectivity index is 2.05. The average molecular weight is 234 g/mol. The maximum absolute atomic E-state index is 10.6. The average Bonchev–Trinajstić information content (AvgIpc) is 2.28. The van der Waals surface area contributed by atoms with Gasteiger partial charge in [-0.25, -0.2) is 0 Å². The first kappa shape index (κ1) is 11.9. The molecule has 0 saturated heterocycles. The molecule has 0 fully saturated rings. The number of aryl methyl sites for hydroxylation is 1. The number of benzene rings is 1. The lowest BCUT2D eigenvalue weighted by molar-refractivity contribution is -0.137. The number of anilines is 1. The van der Waals surface area contributed by atoms with E-state index in [9.17, 15) is 4.79 Å². The van der Waals surface area contributed by atoms with Crippen molar-refractivity contribution in [2.24, 2.45) is 5.73 Å². The van der Waals surface area contributed by atoms with Crippen molar-refractivity contribution >= 4 is 11.7 Å². The quantitative estimate of drug-likeness (QED) is 0.822. The van der Waals surface area contributed by atoms with Crippen LogP contribution in [-0.4, -0.2) is 30.2 Å². The van der Waals surface area contributed by atoms with E-state index in [-0.39, 0.29) is 12.5 Å². The van der Waals surface area contributed by atoms with Crippen molar-refractivity contribution in [3.8, 4) is 0 Å². The number of rotatable bonds is 4. The number of para-hydroxylation sites is 1. The van der Waals surface area contributed by atoms with Gasteiger partial charge in [0.05, 0.1) is 6.42 Å². The molecule has 1 aromatic carbocycles. The molecule has 0 aromatic heterocycles. The summed E-state index contributed by atoms with van der Waals surface area (Å²) >= 11 is 0. The Hall–Kier alpha value is -1.55. The number of aliphatic carboxylic acids is 1. The van der Waals surface area contributed by atoms with Crippen molar-refractivity contribution < 1.29 is 9.90 Å². The standard InChI is InChI=1S/C13H18N2O2/c14-11(8-13(16)17)9-15-7-3-5-10-4-1-2-6-12(10)15/h1-2,4,6,11H,3,5,7-9,14H2,(H,16,17). The summed E-state index contributed by atoms with van der Waals surface area (Å²) in [6.45, 7) is 1.58. The number of carbonyl (C=O) groups is 1. The molecule has 92 valence electrons. The molecule has 0 bridgehead atoms. The van der Waals surface area contributed by atoms with Crippen LogP contribution in [0.2, 0.25) is 0 Å². The van der Waals surface area contributed by atoms with Gasteiger partial charge in [0.25, 0.3) is 0 Å². The van der Waals surface area contributed by atoms with Gasteiger partial charge in [-0.3, -0.25) is 4.79 Å². The van der Waals surface area contributed by atoms with Crippen LogP contribution in [0.4, 0.5) is 5.69 Å². The van der Waals surface area contributed by atoms with Crippen LogP contribution in [0, 0.1) is 0 Å². The molecule has 0 aliphatic carbocycles. The minimum atomic E-state index is -0.831. The normalized spacial score (nSPS) is 16.4. The molecule has 0 radical (unpaired) electrons. The Morgan fingerprint density at radius 3 is 3.00 bits per heavy atom. The summed E-state index contributed by atoms with van der Waals surface area (Å²) < 4.78 is 0. The van der Waals surface area contributed by atoms with Gasteiger partial charge in [0.15, 0.2) is 0 Å². The number of carboxylic acid groups (broad SMARTS) is 1. The van der Waals surface area contributed by atoms with Gasteiger partial charge in [0, 0.05) is 24.8 Å². The first-order valence-corrected chi connectivity index (χ1v) is 5.97. The van der Waals surface area contributed by atoms with Crippen LogP contribution in [0.3, 0.4) is 0 Å². The molecule has 1 heterocycles. The van der Waals surface area contributed by atoms with E-state index < -0.39 is 5.97 Å². The summed E-state index contributed by atoms with van der Waals surface area (Å²) in [6.07, 6.45) is 2.23. The number of nitrogens with two attached hydrogens (primary N) is 1. The van der Waals surface area contributed by atoms with Gasteiger partial charge in [0.1, 0.15) is 0 Å². The molecule has 17 heavy (non-hydrogen) atoms. The molecule has 1 atom stereocenters. The molecule has 1 aliphatic heterocycles. The molecule has 1 unspecified atom stereocenters. The Morgan fingerprint density at radius 1 is 1.47 bits per heavy atom. The van der Waals surface area contributed by atoms with Gasteiger partial charge in [-0.15, -0.1) is 0 Å². The van der Waals surface area contributed by atoms with Crippen molar-refractivity contribution in [1.82, 2.24) is 0 Å². The predicted octanol–water partition coefficient (Wildman–Crippen LogP) is 1.24. The predicted molar refractivity (Wildman–Crippen MR) is 67.2 cm³/mol. The fourth-order valence-corrected chi connectivity index (χ4v) is 2.37. The highest BCUT2D eigenvalue weighted by molar-refractivity contribution is 5.67. The molecule has 4 heteroatoms. The number of carboxylic acids is 1. The topological polar surface area (TPSA) is 66.6 Å². The maximum Gasteiger partial charge on any atom is 0.304 e. The third-order valence-electron chi connectivity index (χ3n) is 3.10. The van der Waals surface area contributed by atoms with Crippen LogP contribution in [0.25, 0.3) is 0 Å². The highest BCUT2D eigenvalue weighted by Crippen LogP contribution is 2.26. The Morgan fingerprint density at radius 2 is 2.24 bits per heavy atom. The molecule has 4 nitrogen and oxygen atoms in total. The first-order valence-electron chi connectivity index (χ1n) is 5.97. The summed E-state index contributed by atoms with van der Waals surface area (Å²) in [5, 5.41) is 8.71. The van der Waals surface area contributed by atoms with Crippen LogP contribution >= 0.6 is 0 Å². The van der Waals surface area contributed by atoms with Crippen LogP contribution in [-0.2, 0) is 11.2 Å². The molecule has 1 aliphatic rings. The van der Waals surface area contributed by atoms with Gasteiger partial charge in [0.2, 0.25) is 0 Å². The van der Waals surface area contributed by atoms with Crippen LogP contribution in [0.1, 0.15) is 18.4 Å². The Bertz CT molecular complexity index is 406. The highest BCUT2D eigenvalue weighted by Gasteiger charge is 2.19. The maximum atomic E-state index is 10.6. The zero-order valence-electron chi connectivity index (χ0n) is 9.80. The summed E-state index contributed by atoms with van der Waals surface area (Å²) in [6, 6.07) is 7.96. The van der Waals surface area contributed by atoms with E-state index in [4.69, 9.17) is 10.8 Å². The lowest BCUT2D eigenvalue weighted by atomic mass is 10.0. The summed E-state index contributed by atoms with van der Waals surface area (Å²) in [4.78, 5) is 12.8. The van der Waals surface area contributed by atoms with E-state index in [1.165, 1.54) is 11.3 Å². The third-order valence-corrected chi connectivity index (χ3v) is 3.10. The van der Waals surface area contributed by atoms with Gasteiger partial charge >= 0.3 is 5.97 Å². The van der Waals surface area contributed by atoms with E-state index in [1.54, 1.807) is 0 Å². The van der Waals surface area contributed by atoms with Crippen LogP contribution in [0.5, 0.6) is 0 Å². The van der Waals surface area contributed by atoms with Crippen molar-refractivity contribution in [2.45, 2.75) is 25.3 Å². The minimum Gasteiger partial charge on any atom is -0.481 e. The summed E-state index contributed by atoms with van der Waals surface area (Å²) in [7, 11) is 0. The molecule has 0 spiro atoms. The SMILES string of the molecule is NC(CC(=O)O)CN1CCCc2ccccc21. The molecule has 0 amide bonds. The van der Waals surface area contributed by atoms with Crippen molar-refractivity contribution in [3.05, 3.63) is 29.8 Å². The minimum absolute atomic E-state index is 0.0265. The number of nitrogens with zero attached hydrogens (tertiary/aromatic N) is 1. The zero-order chi connectivity index (χ0) is 12.3. The summed E-state index contributed by atoms with van der Waals surface area (Å²) in [5.41, 5.74) is 8.38. The fourth-order valence-electron chi connectivity index (χ4n) is 2.37. The van der Waals surface area contributed by atoms with E-state index in [2.05, 4.69) is 17.0 Å².